The lowest BCUT2D eigenvalue weighted by molar-refractivity contribution is -0.139. The lowest BCUT2D eigenvalue weighted by Gasteiger charge is -2.26. The van der Waals surface area contributed by atoms with E-state index in [9.17, 15) is 19.5 Å². The van der Waals surface area contributed by atoms with E-state index in [1.165, 1.54) is 12.0 Å². The first-order valence-electron chi connectivity index (χ1n) is 10.5. The zero-order valence-electron chi connectivity index (χ0n) is 19.4. The Morgan fingerprint density at radius 2 is 1.97 bits per heavy atom. The van der Waals surface area contributed by atoms with Crippen LogP contribution in [0.15, 0.2) is 29.8 Å². The van der Waals surface area contributed by atoms with Crippen LogP contribution in [-0.4, -0.2) is 71.8 Å². The van der Waals surface area contributed by atoms with Crippen LogP contribution in [0.5, 0.6) is 0 Å². The molecule has 0 radical (unpaired) electrons. The summed E-state index contributed by atoms with van der Waals surface area (Å²) in [4.78, 5) is 44.7. The zero-order chi connectivity index (χ0) is 24.4. The summed E-state index contributed by atoms with van der Waals surface area (Å²) in [7, 11) is 5.12. The molecule has 3 rings (SSSR count). The molecule has 8 nitrogen and oxygen atoms in total. The summed E-state index contributed by atoms with van der Waals surface area (Å²) < 4.78 is 4.80. The average molecular weight is 474 g/mol. The number of likely N-dealkylation sites (tertiary alicyclic amines) is 1. The van der Waals surface area contributed by atoms with Crippen LogP contribution in [0.3, 0.4) is 0 Å². The van der Waals surface area contributed by atoms with Crippen molar-refractivity contribution >= 4 is 35.0 Å². The summed E-state index contributed by atoms with van der Waals surface area (Å²) in [6.45, 7) is 4.38. The van der Waals surface area contributed by atoms with Crippen LogP contribution in [0.25, 0.3) is 5.76 Å². The standard InChI is InChI=1S/C24H28ClN3O5/c1-13-17(14(2)26-19(13)24(32)33-5)21(29)18-20(15-8-6-9-16(25)12-15)28(23(31)22(18)30)11-7-10-27(3)4/h6,8-9,12,20,26,29H,7,10-11H2,1-5H3/b21-18+/t20-/m1/s1. The van der Waals surface area contributed by atoms with Gasteiger partial charge in [0.2, 0.25) is 0 Å². The second-order valence-corrected chi connectivity index (χ2v) is 8.76. The molecule has 2 N–H and O–H groups in total. The van der Waals surface area contributed by atoms with Crippen molar-refractivity contribution in [2.75, 3.05) is 34.3 Å². The number of hydrogen-bond acceptors (Lipinski definition) is 6. The number of hydrogen-bond donors (Lipinski definition) is 2. The summed E-state index contributed by atoms with van der Waals surface area (Å²) in [5.74, 6) is -2.39. The van der Waals surface area contributed by atoms with E-state index in [-0.39, 0.29) is 17.0 Å². The Morgan fingerprint density at radius 3 is 2.58 bits per heavy atom. The van der Waals surface area contributed by atoms with Crippen molar-refractivity contribution in [1.82, 2.24) is 14.8 Å². The smallest absolute Gasteiger partial charge is 0.354 e. The average Bonchev–Trinajstić information content (AvgIpc) is 3.20. The number of aliphatic hydroxyl groups excluding tert-OH is 1. The zero-order valence-corrected chi connectivity index (χ0v) is 20.1. The number of Topliss-reactive ketones (excluding diaryl/α,β-unsaturated/α-hetero) is 1. The van der Waals surface area contributed by atoms with Crippen LogP contribution in [0.1, 0.15) is 45.3 Å². The van der Waals surface area contributed by atoms with Gasteiger partial charge in [0.15, 0.2) is 0 Å². The number of ketones is 1. The molecule has 33 heavy (non-hydrogen) atoms. The maximum absolute atomic E-state index is 13.2. The molecular formula is C24H28ClN3O5. The number of benzene rings is 1. The van der Waals surface area contributed by atoms with Crippen LogP contribution in [-0.2, 0) is 14.3 Å². The number of nitrogens with one attached hydrogen (secondary N) is 1. The monoisotopic (exact) mass is 473 g/mol. The van der Waals surface area contributed by atoms with Crippen molar-refractivity contribution in [1.29, 1.82) is 0 Å². The third-order valence-electron chi connectivity index (χ3n) is 5.77. The molecular weight excluding hydrogens is 446 g/mol. The molecule has 1 saturated heterocycles. The molecule has 9 heteroatoms. The van der Waals surface area contributed by atoms with E-state index < -0.39 is 23.7 Å². The molecule has 0 bridgehead atoms. The van der Waals surface area contributed by atoms with Gasteiger partial charge >= 0.3 is 5.97 Å². The fourth-order valence-corrected chi connectivity index (χ4v) is 4.44. The van der Waals surface area contributed by atoms with Gasteiger partial charge in [0.1, 0.15) is 11.5 Å². The Bertz CT molecular complexity index is 1140. The van der Waals surface area contributed by atoms with Gasteiger partial charge in [0.25, 0.3) is 11.7 Å². The van der Waals surface area contributed by atoms with Gasteiger partial charge in [-0.15, -0.1) is 0 Å². The van der Waals surface area contributed by atoms with Gasteiger partial charge in [-0.05, 0) is 64.2 Å². The minimum absolute atomic E-state index is 0.0336. The number of aromatic amines is 1. The fourth-order valence-electron chi connectivity index (χ4n) is 4.24. The van der Waals surface area contributed by atoms with E-state index in [2.05, 4.69) is 4.98 Å². The van der Waals surface area contributed by atoms with Crippen molar-refractivity contribution in [3.63, 3.8) is 0 Å². The number of H-pyrrole nitrogens is 1. The fraction of sp³-hybridized carbons (Fsp3) is 0.375. The highest BCUT2D eigenvalue weighted by atomic mass is 35.5. The summed E-state index contributed by atoms with van der Waals surface area (Å²) in [6, 6.07) is 6.08. The molecule has 1 aromatic carbocycles. The van der Waals surface area contributed by atoms with Gasteiger partial charge in [-0.25, -0.2) is 4.79 Å². The number of ether oxygens (including phenoxy) is 1. The normalized spacial score (nSPS) is 17.8. The van der Waals surface area contributed by atoms with Gasteiger partial charge < -0.3 is 24.6 Å². The maximum Gasteiger partial charge on any atom is 0.354 e. The van der Waals surface area contributed by atoms with Crippen LogP contribution in [0, 0.1) is 13.8 Å². The van der Waals surface area contributed by atoms with Crippen molar-refractivity contribution in [3.8, 4) is 0 Å². The van der Waals surface area contributed by atoms with Crippen LogP contribution < -0.4 is 0 Å². The predicted octanol–water partition coefficient (Wildman–Crippen LogP) is 3.44. The van der Waals surface area contributed by atoms with E-state index in [1.54, 1.807) is 38.1 Å². The second kappa shape index (κ2) is 9.80. The quantitative estimate of drug-likeness (QED) is 0.276. The number of aliphatic hydroxyl groups is 1. The highest BCUT2D eigenvalue weighted by Gasteiger charge is 2.46. The van der Waals surface area contributed by atoms with E-state index in [0.29, 0.717) is 40.4 Å². The number of methoxy groups -OCH3 is 1. The Hall–Kier alpha value is -3.10. The topological polar surface area (TPSA) is 103 Å². The third-order valence-corrected chi connectivity index (χ3v) is 6.01. The maximum atomic E-state index is 13.2. The van der Waals surface area contributed by atoms with Crippen molar-refractivity contribution < 1.29 is 24.2 Å². The molecule has 1 amide bonds. The van der Waals surface area contributed by atoms with Crippen LogP contribution in [0.2, 0.25) is 5.02 Å². The molecule has 0 spiro atoms. The Balaban J connectivity index is 2.18. The molecule has 0 aliphatic carbocycles. The Kier molecular flexibility index (Phi) is 7.29. The van der Waals surface area contributed by atoms with Crippen LogP contribution in [0.4, 0.5) is 0 Å². The molecule has 1 aromatic heterocycles. The third kappa shape index (κ3) is 4.67. The first kappa shape index (κ1) is 24.5. The van der Waals surface area contributed by atoms with Crippen molar-refractivity contribution in [2.45, 2.75) is 26.3 Å². The van der Waals surface area contributed by atoms with Crippen molar-refractivity contribution in [3.05, 3.63) is 62.9 Å². The highest BCUT2D eigenvalue weighted by Crippen LogP contribution is 2.41. The first-order chi connectivity index (χ1) is 15.6. The number of halogens is 1. The van der Waals surface area contributed by atoms with E-state index in [4.69, 9.17) is 16.3 Å². The summed E-state index contributed by atoms with van der Waals surface area (Å²) in [5.41, 5.74) is 1.97. The van der Waals surface area contributed by atoms with Crippen molar-refractivity contribution in [2.24, 2.45) is 0 Å². The minimum atomic E-state index is -0.805. The molecule has 1 aliphatic rings. The number of esters is 1. The lowest BCUT2D eigenvalue weighted by atomic mass is 9.94. The predicted molar refractivity (Wildman–Crippen MR) is 125 cm³/mol. The number of rotatable bonds is 7. The van der Waals surface area contributed by atoms with Crippen LogP contribution >= 0.6 is 11.6 Å². The molecule has 2 aromatic rings. The van der Waals surface area contributed by atoms with Gasteiger partial charge in [-0.1, -0.05) is 23.7 Å². The van der Waals surface area contributed by atoms with E-state index in [1.807, 2.05) is 19.0 Å². The first-order valence-corrected chi connectivity index (χ1v) is 10.9. The Morgan fingerprint density at radius 1 is 1.27 bits per heavy atom. The molecule has 0 unspecified atom stereocenters. The SMILES string of the molecule is COC(=O)c1[nH]c(C)c(/C(O)=C2\C(=O)C(=O)N(CCCN(C)C)[C@@H]2c2cccc(Cl)c2)c1C. The Labute approximate surface area is 197 Å². The van der Waals surface area contributed by atoms with Gasteiger partial charge in [0.05, 0.1) is 18.7 Å². The second-order valence-electron chi connectivity index (χ2n) is 8.32. The molecule has 176 valence electrons. The summed E-state index contributed by atoms with van der Waals surface area (Å²) in [6.07, 6.45) is 0.645. The molecule has 2 heterocycles. The number of amides is 1. The summed E-state index contributed by atoms with van der Waals surface area (Å²) >= 11 is 6.21. The number of carbonyl (C=O) groups excluding carboxylic acids is 3. The van der Waals surface area contributed by atoms with E-state index in [0.717, 1.165) is 6.54 Å². The largest absolute Gasteiger partial charge is 0.507 e. The molecule has 1 fully saturated rings. The van der Waals surface area contributed by atoms with Gasteiger partial charge in [-0.2, -0.15) is 0 Å². The van der Waals surface area contributed by atoms with E-state index >= 15 is 0 Å². The summed E-state index contributed by atoms with van der Waals surface area (Å²) in [5, 5.41) is 11.8. The van der Waals surface area contributed by atoms with Gasteiger partial charge in [0, 0.05) is 22.8 Å². The number of carbonyl (C=O) groups is 3. The highest BCUT2D eigenvalue weighted by molar-refractivity contribution is 6.46. The molecule has 1 atom stereocenters. The van der Waals surface area contributed by atoms with Gasteiger partial charge in [-0.3, -0.25) is 9.59 Å². The number of aromatic nitrogens is 1. The molecule has 0 saturated carbocycles. The number of nitrogens with zero attached hydrogens (tertiary/aromatic N) is 2. The minimum Gasteiger partial charge on any atom is -0.507 e. The molecule has 1 aliphatic heterocycles. The number of aryl methyl sites for hydroxylation is 1. The lowest BCUT2D eigenvalue weighted by Crippen LogP contribution is -2.32.